The molecule has 3 nitrogen and oxygen atoms in total. The Kier molecular flexibility index (Phi) is 3.06. The number of hydrogen-bond donors (Lipinski definition) is 0. The highest BCUT2D eigenvalue weighted by Gasteiger charge is 2.52. The quantitative estimate of drug-likeness (QED) is 0.853. The summed E-state index contributed by atoms with van der Waals surface area (Å²) in [4.78, 5) is 0.948. The molecule has 0 spiro atoms. The Morgan fingerprint density at radius 2 is 1.60 bits per heavy atom. The summed E-state index contributed by atoms with van der Waals surface area (Å²) in [5, 5.41) is 0. The zero-order chi connectivity index (χ0) is 14.4. The lowest BCUT2D eigenvalue weighted by Crippen LogP contribution is -2.33. The third-order valence-corrected chi connectivity index (χ3v) is 7.76. The molecular formula is C15H15NO2S2. The van der Waals surface area contributed by atoms with Crippen LogP contribution >= 0.6 is 11.8 Å². The van der Waals surface area contributed by atoms with E-state index in [9.17, 15) is 8.42 Å². The maximum absolute atomic E-state index is 12.8. The molecule has 2 aromatic carbocycles. The smallest absolute Gasteiger partial charge is 0.254 e. The molecule has 2 aromatic rings. The number of benzene rings is 2. The van der Waals surface area contributed by atoms with E-state index in [1.807, 2.05) is 54.6 Å². The summed E-state index contributed by atoms with van der Waals surface area (Å²) in [5.74, 6) is 0. The van der Waals surface area contributed by atoms with Crippen molar-refractivity contribution in [2.24, 2.45) is 0 Å². The van der Waals surface area contributed by atoms with Crippen molar-refractivity contribution in [2.45, 2.75) is 15.9 Å². The van der Waals surface area contributed by atoms with Crippen molar-refractivity contribution in [3.63, 3.8) is 0 Å². The van der Waals surface area contributed by atoms with Crippen LogP contribution in [-0.2, 0) is 14.1 Å². The zero-order valence-electron chi connectivity index (χ0n) is 11.3. The minimum atomic E-state index is -3.43. The van der Waals surface area contributed by atoms with Crippen molar-refractivity contribution < 1.29 is 8.42 Å². The van der Waals surface area contributed by atoms with Crippen molar-refractivity contribution >= 4 is 27.5 Å². The van der Waals surface area contributed by atoms with E-state index in [4.69, 9.17) is 0 Å². The molecule has 0 aromatic heterocycles. The first-order valence-corrected chi connectivity index (χ1v) is 8.54. The monoisotopic (exact) mass is 305 g/mol. The van der Waals surface area contributed by atoms with Gasteiger partial charge in [0.2, 0.25) is 0 Å². The molecule has 3 rings (SSSR count). The molecule has 0 N–H and O–H groups in total. The topological polar surface area (TPSA) is 37.4 Å². The first-order valence-electron chi connectivity index (χ1n) is 6.29. The van der Waals surface area contributed by atoms with Crippen LogP contribution in [0.5, 0.6) is 0 Å². The third-order valence-electron chi connectivity index (χ3n) is 3.64. The van der Waals surface area contributed by atoms with E-state index in [0.29, 0.717) is 0 Å². The van der Waals surface area contributed by atoms with E-state index in [-0.39, 0.29) is 0 Å². The number of hydrogen-bond acceptors (Lipinski definition) is 3. The second-order valence-electron chi connectivity index (χ2n) is 4.85. The van der Waals surface area contributed by atoms with E-state index in [0.717, 1.165) is 16.1 Å². The molecule has 1 unspecified atom stereocenters. The molecule has 1 aliphatic rings. The summed E-state index contributed by atoms with van der Waals surface area (Å²) in [6.07, 6.45) is 0. The van der Waals surface area contributed by atoms with Crippen molar-refractivity contribution in [2.75, 3.05) is 11.4 Å². The van der Waals surface area contributed by atoms with Gasteiger partial charge in [0.25, 0.3) is 10.0 Å². The molecule has 0 fully saturated rings. The molecular weight excluding hydrogens is 290 g/mol. The van der Waals surface area contributed by atoms with Gasteiger partial charge >= 0.3 is 0 Å². The summed E-state index contributed by atoms with van der Waals surface area (Å²) >= 11 is 1.38. The third kappa shape index (κ3) is 1.77. The minimum Gasteiger partial charge on any atom is -0.271 e. The maximum Gasteiger partial charge on any atom is 0.254 e. The molecule has 1 atom stereocenters. The van der Waals surface area contributed by atoms with Gasteiger partial charge in [-0.25, -0.2) is 8.42 Å². The predicted molar refractivity (Wildman–Crippen MR) is 83.4 cm³/mol. The normalized spacial score (nSPS) is 23.6. The van der Waals surface area contributed by atoms with E-state index in [1.165, 1.54) is 16.1 Å². The van der Waals surface area contributed by atoms with Gasteiger partial charge in [0, 0.05) is 17.5 Å². The van der Waals surface area contributed by atoms with E-state index >= 15 is 0 Å². The molecule has 0 radical (unpaired) electrons. The Morgan fingerprint density at radius 3 is 2.30 bits per heavy atom. The number of rotatable bonds is 2. The van der Waals surface area contributed by atoms with Gasteiger partial charge in [-0.3, -0.25) is 4.31 Å². The van der Waals surface area contributed by atoms with Crippen LogP contribution in [0, 0.1) is 0 Å². The fraction of sp³-hybridized carbons (Fsp3) is 0.200. The molecule has 0 saturated carbocycles. The second-order valence-corrected chi connectivity index (χ2v) is 8.92. The van der Waals surface area contributed by atoms with Gasteiger partial charge in [-0.15, -0.1) is 0 Å². The first-order chi connectivity index (χ1) is 9.47. The lowest BCUT2D eigenvalue weighted by Gasteiger charge is -2.24. The van der Waals surface area contributed by atoms with Crippen LogP contribution in [0.25, 0.3) is 0 Å². The summed E-state index contributed by atoms with van der Waals surface area (Å²) in [7, 11) is -1.81. The predicted octanol–water partition coefficient (Wildman–Crippen LogP) is 3.43. The fourth-order valence-corrected chi connectivity index (χ4v) is 5.95. The Labute approximate surface area is 123 Å². The summed E-state index contributed by atoms with van der Waals surface area (Å²) < 4.78 is 26.0. The molecule has 1 aliphatic heterocycles. The van der Waals surface area contributed by atoms with Gasteiger partial charge in [-0.1, -0.05) is 48.2 Å². The van der Waals surface area contributed by atoms with Crippen molar-refractivity contribution in [1.29, 1.82) is 0 Å². The van der Waals surface area contributed by atoms with Crippen molar-refractivity contribution in [3.05, 3.63) is 60.2 Å². The largest absolute Gasteiger partial charge is 0.271 e. The fourth-order valence-electron chi connectivity index (χ4n) is 2.48. The van der Waals surface area contributed by atoms with Gasteiger partial charge in [0.05, 0.1) is 5.69 Å². The second kappa shape index (κ2) is 4.53. The van der Waals surface area contributed by atoms with Crippen molar-refractivity contribution in [1.82, 2.24) is 0 Å². The van der Waals surface area contributed by atoms with Crippen LogP contribution < -0.4 is 4.31 Å². The van der Waals surface area contributed by atoms with Crippen LogP contribution in [0.2, 0.25) is 0 Å². The highest BCUT2D eigenvalue weighted by Crippen LogP contribution is 2.54. The molecule has 1 heterocycles. The Morgan fingerprint density at radius 1 is 1.00 bits per heavy atom. The van der Waals surface area contributed by atoms with Crippen molar-refractivity contribution in [3.8, 4) is 0 Å². The average Bonchev–Trinajstić information content (AvgIpc) is 2.60. The summed E-state index contributed by atoms with van der Waals surface area (Å²) in [5.41, 5.74) is 1.61. The maximum atomic E-state index is 12.8. The highest BCUT2D eigenvalue weighted by atomic mass is 32.3. The van der Waals surface area contributed by atoms with Crippen LogP contribution in [0.1, 0.15) is 12.5 Å². The number of para-hydroxylation sites is 1. The first kappa shape index (κ1) is 13.5. The van der Waals surface area contributed by atoms with Gasteiger partial charge in [-0.2, -0.15) is 0 Å². The van der Waals surface area contributed by atoms with Crippen LogP contribution in [0.4, 0.5) is 5.69 Å². The minimum absolute atomic E-state index is 0.762. The van der Waals surface area contributed by atoms with E-state index in [1.54, 1.807) is 14.0 Å². The number of thioether (sulfide) groups is 1. The molecule has 0 aliphatic carbocycles. The summed E-state index contributed by atoms with van der Waals surface area (Å²) in [6.45, 7) is 1.78. The Balaban J connectivity index is 2.16. The van der Waals surface area contributed by atoms with Gasteiger partial charge in [0.1, 0.15) is 0 Å². The Hall–Kier alpha value is -1.46. The lowest BCUT2D eigenvalue weighted by atomic mass is 10.1. The number of nitrogens with zero attached hydrogens (tertiary/aromatic N) is 1. The van der Waals surface area contributed by atoms with Gasteiger partial charge in [0.15, 0.2) is 4.08 Å². The van der Waals surface area contributed by atoms with Crippen LogP contribution in [0.15, 0.2) is 59.5 Å². The molecule has 0 amide bonds. The summed E-state index contributed by atoms with van der Waals surface area (Å²) in [6, 6.07) is 17.1. The molecule has 5 heteroatoms. The highest BCUT2D eigenvalue weighted by molar-refractivity contribution is 8.14. The molecule has 20 heavy (non-hydrogen) atoms. The number of fused-ring (bicyclic) bond motifs is 1. The van der Waals surface area contributed by atoms with E-state index < -0.39 is 14.1 Å². The van der Waals surface area contributed by atoms with E-state index in [2.05, 4.69) is 0 Å². The molecule has 0 saturated heterocycles. The SMILES string of the molecule is CN1c2ccccc2C(C)(Sc2ccccc2)S1(=O)=O. The van der Waals surface area contributed by atoms with Gasteiger partial charge < -0.3 is 0 Å². The lowest BCUT2D eigenvalue weighted by molar-refractivity contribution is 0.584. The standard InChI is InChI=1S/C15H15NO2S2/c1-15(19-12-8-4-3-5-9-12)13-10-6-7-11-14(13)16(2)20(15,17)18/h3-11H,1-2H3. The number of sulfonamides is 1. The van der Waals surface area contributed by atoms with Crippen LogP contribution in [-0.4, -0.2) is 15.5 Å². The molecule has 0 bridgehead atoms. The van der Waals surface area contributed by atoms with Crippen LogP contribution in [0.3, 0.4) is 0 Å². The zero-order valence-corrected chi connectivity index (χ0v) is 12.9. The average molecular weight is 305 g/mol. The number of anilines is 1. The molecule has 104 valence electrons. The Bertz CT molecular complexity index is 743. The van der Waals surface area contributed by atoms with Gasteiger partial charge in [-0.05, 0) is 25.1 Å².